The lowest BCUT2D eigenvalue weighted by atomic mass is 10.1. The van der Waals surface area contributed by atoms with Gasteiger partial charge in [-0.15, -0.1) is 0 Å². The minimum Gasteiger partial charge on any atom is -0.380 e. The Balaban J connectivity index is 1.78. The molecule has 3 rings (SSSR count). The first-order chi connectivity index (χ1) is 8.83. The van der Waals surface area contributed by atoms with E-state index in [0.717, 1.165) is 17.4 Å². The van der Waals surface area contributed by atoms with E-state index in [0.29, 0.717) is 6.04 Å². The summed E-state index contributed by atoms with van der Waals surface area (Å²) in [4.78, 5) is 4.41. The highest BCUT2D eigenvalue weighted by atomic mass is 15.3. The summed E-state index contributed by atoms with van der Waals surface area (Å²) < 4.78 is 1.80. The summed E-state index contributed by atoms with van der Waals surface area (Å²) in [7, 11) is 0. The van der Waals surface area contributed by atoms with Crippen molar-refractivity contribution in [3.8, 4) is 5.82 Å². The van der Waals surface area contributed by atoms with Crippen LogP contribution in [0.2, 0.25) is 0 Å². The number of anilines is 1. The molecule has 0 bridgehead atoms. The molecule has 1 unspecified atom stereocenters. The van der Waals surface area contributed by atoms with Crippen molar-refractivity contribution in [2.45, 2.75) is 32.2 Å². The van der Waals surface area contributed by atoms with Crippen LogP contribution in [-0.2, 0) is 0 Å². The zero-order chi connectivity index (χ0) is 12.4. The molecular formula is C14H18N4. The Hall–Kier alpha value is -1.84. The summed E-state index contributed by atoms with van der Waals surface area (Å²) >= 11 is 0. The quantitative estimate of drug-likeness (QED) is 0.876. The van der Waals surface area contributed by atoms with E-state index < -0.39 is 0 Å². The number of hydrogen-bond donors (Lipinski definition) is 1. The minimum atomic E-state index is 0.482. The van der Waals surface area contributed by atoms with Gasteiger partial charge >= 0.3 is 0 Å². The van der Waals surface area contributed by atoms with Crippen molar-refractivity contribution < 1.29 is 0 Å². The van der Waals surface area contributed by atoms with Crippen molar-refractivity contribution in [1.29, 1.82) is 0 Å². The van der Waals surface area contributed by atoms with Gasteiger partial charge in [-0.05, 0) is 37.5 Å². The van der Waals surface area contributed by atoms with Crippen LogP contribution < -0.4 is 5.32 Å². The summed E-state index contributed by atoms with van der Waals surface area (Å²) in [5.74, 6) is 1.79. The van der Waals surface area contributed by atoms with Crippen molar-refractivity contribution in [2.24, 2.45) is 5.92 Å². The third-order valence-corrected chi connectivity index (χ3v) is 3.29. The maximum atomic E-state index is 4.41. The Morgan fingerprint density at radius 1 is 1.39 bits per heavy atom. The van der Waals surface area contributed by atoms with E-state index in [2.05, 4.69) is 28.4 Å². The molecular weight excluding hydrogens is 224 g/mol. The lowest BCUT2D eigenvalue weighted by Crippen LogP contribution is -2.17. The largest absolute Gasteiger partial charge is 0.380 e. The first kappa shape index (κ1) is 11.3. The van der Waals surface area contributed by atoms with Gasteiger partial charge in [0, 0.05) is 24.6 Å². The number of nitrogens with one attached hydrogen (secondary N) is 1. The highest BCUT2D eigenvalue weighted by Gasteiger charge is 2.23. The van der Waals surface area contributed by atoms with Crippen molar-refractivity contribution in [3.63, 3.8) is 0 Å². The Labute approximate surface area is 107 Å². The lowest BCUT2D eigenvalue weighted by molar-refractivity contribution is 0.641. The molecule has 2 aromatic rings. The standard InChI is InChI=1S/C14H18N4/c1-11(10-12-5-6-12)17-13-4-2-7-15-14(13)18-9-3-8-16-18/h2-4,7-9,11-12,17H,5-6,10H2,1H3. The molecule has 2 heterocycles. The number of hydrogen-bond acceptors (Lipinski definition) is 3. The van der Waals surface area contributed by atoms with Crippen molar-refractivity contribution in [2.75, 3.05) is 5.32 Å². The Morgan fingerprint density at radius 3 is 3.00 bits per heavy atom. The van der Waals surface area contributed by atoms with E-state index in [-0.39, 0.29) is 0 Å². The molecule has 1 fully saturated rings. The molecule has 1 aliphatic carbocycles. The first-order valence-electron chi connectivity index (χ1n) is 6.54. The van der Waals surface area contributed by atoms with Crippen LogP contribution in [0.25, 0.3) is 5.82 Å². The third-order valence-electron chi connectivity index (χ3n) is 3.29. The molecule has 1 N–H and O–H groups in total. The van der Waals surface area contributed by atoms with E-state index in [1.54, 1.807) is 17.1 Å². The zero-order valence-corrected chi connectivity index (χ0v) is 10.6. The van der Waals surface area contributed by atoms with E-state index in [1.165, 1.54) is 19.3 Å². The molecule has 1 aliphatic rings. The molecule has 94 valence electrons. The van der Waals surface area contributed by atoms with Gasteiger partial charge in [0.1, 0.15) is 0 Å². The highest BCUT2D eigenvalue weighted by Crippen LogP contribution is 2.34. The smallest absolute Gasteiger partial charge is 0.176 e. The zero-order valence-electron chi connectivity index (χ0n) is 10.6. The summed E-state index contributed by atoms with van der Waals surface area (Å²) in [6.45, 7) is 2.23. The van der Waals surface area contributed by atoms with Crippen LogP contribution in [0.5, 0.6) is 0 Å². The predicted octanol–water partition coefficient (Wildman–Crippen LogP) is 2.87. The lowest BCUT2D eigenvalue weighted by Gasteiger charge is -2.17. The fourth-order valence-corrected chi connectivity index (χ4v) is 2.26. The molecule has 4 nitrogen and oxygen atoms in total. The third kappa shape index (κ3) is 2.53. The Morgan fingerprint density at radius 2 is 2.28 bits per heavy atom. The van der Waals surface area contributed by atoms with Gasteiger partial charge in [-0.3, -0.25) is 0 Å². The van der Waals surface area contributed by atoms with E-state index >= 15 is 0 Å². The molecule has 1 atom stereocenters. The van der Waals surface area contributed by atoms with Crippen molar-refractivity contribution in [3.05, 3.63) is 36.8 Å². The van der Waals surface area contributed by atoms with Crippen LogP contribution in [-0.4, -0.2) is 20.8 Å². The SMILES string of the molecule is CC(CC1CC1)Nc1cccnc1-n1cccn1. The summed E-state index contributed by atoms with van der Waals surface area (Å²) in [6.07, 6.45) is 9.52. The molecule has 0 aliphatic heterocycles. The van der Waals surface area contributed by atoms with Crippen LogP contribution in [0.3, 0.4) is 0 Å². The normalized spacial score (nSPS) is 16.5. The Bertz CT molecular complexity index is 502. The van der Waals surface area contributed by atoms with Gasteiger partial charge in [-0.2, -0.15) is 5.10 Å². The average Bonchev–Trinajstić information content (AvgIpc) is 3.01. The summed E-state index contributed by atoms with van der Waals surface area (Å²) in [6, 6.07) is 6.41. The fraction of sp³-hybridized carbons (Fsp3) is 0.429. The van der Waals surface area contributed by atoms with Gasteiger partial charge in [0.05, 0.1) is 5.69 Å². The van der Waals surface area contributed by atoms with Crippen molar-refractivity contribution in [1.82, 2.24) is 14.8 Å². The van der Waals surface area contributed by atoms with Gasteiger partial charge < -0.3 is 5.32 Å². The first-order valence-corrected chi connectivity index (χ1v) is 6.54. The minimum absolute atomic E-state index is 0.482. The molecule has 18 heavy (non-hydrogen) atoms. The van der Waals surface area contributed by atoms with E-state index in [1.807, 2.05) is 18.3 Å². The van der Waals surface area contributed by atoms with Gasteiger partial charge in [0.25, 0.3) is 0 Å². The Kier molecular flexibility index (Phi) is 3.00. The topological polar surface area (TPSA) is 42.7 Å². The second-order valence-electron chi connectivity index (χ2n) is 5.05. The molecule has 0 saturated heterocycles. The van der Waals surface area contributed by atoms with Crippen LogP contribution in [0.15, 0.2) is 36.8 Å². The average molecular weight is 242 g/mol. The predicted molar refractivity (Wildman–Crippen MR) is 71.8 cm³/mol. The van der Waals surface area contributed by atoms with Crippen LogP contribution in [0.1, 0.15) is 26.2 Å². The number of pyridine rings is 1. The molecule has 0 aromatic carbocycles. The maximum Gasteiger partial charge on any atom is 0.176 e. The monoisotopic (exact) mass is 242 g/mol. The summed E-state index contributed by atoms with van der Waals surface area (Å²) in [5.41, 5.74) is 1.05. The molecule has 0 radical (unpaired) electrons. The van der Waals surface area contributed by atoms with Gasteiger partial charge in [0.2, 0.25) is 0 Å². The van der Waals surface area contributed by atoms with Crippen molar-refractivity contribution >= 4 is 5.69 Å². The second-order valence-corrected chi connectivity index (χ2v) is 5.05. The van der Waals surface area contributed by atoms with E-state index in [9.17, 15) is 0 Å². The van der Waals surface area contributed by atoms with Crippen LogP contribution >= 0.6 is 0 Å². The van der Waals surface area contributed by atoms with Crippen LogP contribution in [0, 0.1) is 5.92 Å². The molecule has 0 amide bonds. The number of aromatic nitrogens is 3. The molecule has 0 spiro atoms. The van der Waals surface area contributed by atoms with Gasteiger partial charge in [-0.1, -0.05) is 12.8 Å². The highest BCUT2D eigenvalue weighted by molar-refractivity contribution is 5.56. The second kappa shape index (κ2) is 4.80. The molecule has 1 saturated carbocycles. The molecule has 2 aromatic heterocycles. The van der Waals surface area contributed by atoms with Gasteiger partial charge in [-0.25, -0.2) is 9.67 Å². The number of nitrogens with zero attached hydrogens (tertiary/aromatic N) is 3. The summed E-state index contributed by atoms with van der Waals surface area (Å²) in [5, 5.41) is 7.79. The number of rotatable bonds is 5. The fourth-order valence-electron chi connectivity index (χ4n) is 2.26. The maximum absolute atomic E-state index is 4.41. The van der Waals surface area contributed by atoms with Gasteiger partial charge in [0.15, 0.2) is 5.82 Å². The van der Waals surface area contributed by atoms with E-state index in [4.69, 9.17) is 0 Å². The molecule has 4 heteroatoms. The van der Waals surface area contributed by atoms with Crippen LogP contribution in [0.4, 0.5) is 5.69 Å².